The Bertz CT molecular complexity index is 1410. The first-order chi connectivity index (χ1) is 14.1. The van der Waals surface area contributed by atoms with Gasteiger partial charge in [0.15, 0.2) is 0 Å². The minimum Gasteiger partial charge on any atom is -0.306 e. The number of rotatable bonds is 1. The van der Waals surface area contributed by atoms with Crippen LogP contribution >= 0.6 is 0 Å². The number of nitrogens with zero attached hydrogens (tertiary/aromatic N) is 5. The lowest BCUT2D eigenvalue weighted by Gasteiger charge is -2.03. The molecule has 0 radical (unpaired) electrons. The van der Waals surface area contributed by atoms with Gasteiger partial charge in [0.1, 0.15) is 12.2 Å². The minimum absolute atomic E-state index is 0.603. The van der Waals surface area contributed by atoms with Crippen molar-refractivity contribution in [2.45, 2.75) is 6.54 Å². The van der Waals surface area contributed by atoms with E-state index in [0.29, 0.717) is 17.7 Å². The second-order valence-electron chi connectivity index (χ2n) is 6.51. The van der Waals surface area contributed by atoms with E-state index in [4.69, 9.17) is 4.11 Å². The molecular weight excluding hydrogens is 322 g/mol. The van der Waals surface area contributed by atoms with Crippen LogP contribution in [0.4, 0.5) is 0 Å². The van der Waals surface area contributed by atoms with Crippen molar-refractivity contribution in [3.05, 3.63) is 72.8 Å². The molecule has 4 aromatic heterocycles. The van der Waals surface area contributed by atoms with Crippen molar-refractivity contribution < 1.29 is 8.68 Å². The Labute approximate surface area is 154 Å². The Morgan fingerprint density at radius 3 is 2.77 bits per heavy atom. The van der Waals surface area contributed by atoms with E-state index in [9.17, 15) is 0 Å². The van der Waals surface area contributed by atoms with Gasteiger partial charge in [0.2, 0.25) is 5.52 Å². The van der Waals surface area contributed by atoms with Crippen molar-refractivity contribution in [1.29, 1.82) is 0 Å². The average molecular weight is 341 g/mol. The van der Waals surface area contributed by atoms with E-state index < -0.39 is 6.98 Å². The van der Waals surface area contributed by atoms with E-state index in [-0.39, 0.29) is 0 Å². The largest absolute Gasteiger partial charge is 0.306 e. The molecular formula is C21H16N5+. The minimum atomic E-state index is -2.35. The molecule has 0 fully saturated rings. The fourth-order valence-corrected chi connectivity index (χ4v) is 4.08. The average Bonchev–Trinajstić information content (AvgIpc) is 3.34. The SMILES string of the molecule is [2H]C([2H])([2H])n1c2cnccc2c2c1n(-c1ccccc1)c1[n+]2Cc2ccncc2-1. The quantitative estimate of drug-likeness (QED) is 0.431. The molecule has 0 amide bonds. The van der Waals surface area contributed by atoms with Gasteiger partial charge < -0.3 is 4.57 Å². The molecule has 124 valence electrons. The van der Waals surface area contributed by atoms with Crippen molar-refractivity contribution in [1.82, 2.24) is 19.1 Å². The summed E-state index contributed by atoms with van der Waals surface area (Å²) in [5, 5.41) is 0.878. The van der Waals surface area contributed by atoms with Crippen LogP contribution in [0.15, 0.2) is 67.3 Å². The number of aryl methyl sites for hydroxylation is 1. The molecule has 1 aliphatic heterocycles. The zero-order valence-electron chi connectivity index (χ0n) is 16.8. The molecule has 0 spiro atoms. The van der Waals surface area contributed by atoms with Gasteiger partial charge in [-0.25, -0.2) is 4.57 Å². The Hall–Kier alpha value is -3.47. The summed E-state index contributed by atoms with van der Waals surface area (Å²) in [6.07, 6.45) is 7.00. The lowest BCUT2D eigenvalue weighted by molar-refractivity contribution is -0.645. The summed E-state index contributed by atoms with van der Waals surface area (Å²) in [6, 6.07) is 13.8. The predicted octanol–water partition coefficient (Wildman–Crippen LogP) is 3.23. The highest BCUT2D eigenvalue weighted by Gasteiger charge is 2.38. The van der Waals surface area contributed by atoms with Crippen molar-refractivity contribution >= 4 is 22.1 Å². The summed E-state index contributed by atoms with van der Waals surface area (Å²) in [7, 11) is 0. The highest BCUT2D eigenvalue weighted by atomic mass is 15.3. The standard InChI is InChI=1S/C21H16N5/c1-24-18-12-23-10-8-16(18)19-21(24)26(15-5-3-2-4-6-15)20-17-11-22-9-7-14(17)13-25(19)20/h2-12H,13H2,1H3/q+1/i1D3. The smallest absolute Gasteiger partial charge is 0.298 e. The van der Waals surface area contributed by atoms with Crippen molar-refractivity contribution in [3.8, 4) is 17.1 Å². The maximum Gasteiger partial charge on any atom is 0.298 e. The molecule has 5 nitrogen and oxygen atoms in total. The van der Waals surface area contributed by atoms with Crippen molar-refractivity contribution in [3.63, 3.8) is 0 Å². The second kappa shape index (κ2) is 4.79. The Morgan fingerprint density at radius 2 is 1.88 bits per heavy atom. The molecule has 0 aliphatic carbocycles. The molecule has 0 saturated carbocycles. The maximum absolute atomic E-state index is 8.25. The number of aromatic nitrogens is 5. The zero-order chi connectivity index (χ0) is 19.8. The summed E-state index contributed by atoms with van der Waals surface area (Å²) >= 11 is 0. The van der Waals surface area contributed by atoms with Gasteiger partial charge in [0.05, 0.1) is 22.7 Å². The van der Waals surface area contributed by atoms with Gasteiger partial charge in [-0.3, -0.25) is 9.97 Å². The van der Waals surface area contributed by atoms with Crippen LogP contribution in [-0.4, -0.2) is 19.1 Å². The lowest BCUT2D eigenvalue weighted by atomic mass is 10.1. The molecule has 26 heavy (non-hydrogen) atoms. The third kappa shape index (κ3) is 1.57. The molecule has 0 saturated heterocycles. The second-order valence-corrected chi connectivity index (χ2v) is 6.51. The Kier molecular flexibility index (Phi) is 2.06. The van der Waals surface area contributed by atoms with Gasteiger partial charge >= 0.3 is 0 Å². The fourth-order valence-electron chi connectivity index (χ4n) is 4.08. The molecule has 6 rings (SSSR count). The highest BCUT2D eigenvalue weighted by Crippen LogP contribution is 2.36. The molecule has 5 aromatic rings. The van der Waals surface area contributed by atoms with E-state index in [2.05, 4.69) is 14.5 Å². The van der Waals surface area contributed by atoms with Crippen LogP contribution in [0.25, 0.3) is 39.1 Å². The summed E-state index contributed by atoms with van der Waals surface area (Å²) in [6.45, 7) is -1.67. The Balaban J connectivity index is 1.89. The first-order valence-electron chi connectivity index (χ1n) is 9.97. The number of fused-ring (bicyclic) bond motifs is 7. The Morgan fingerprint density at radius 1 is 1.04 bits per heavy atom. The summed E-state index contributed by atoms with van der Waals surface area (Å²) in [4.78, 5) is 8.52. The van der Waals surface area contributed by atoms with E-state index in [0.717, 1.165) is 28.0 Å². The third-order valence-electron chi connectivity index (χ3n) is 5.16. The van der Waals surface area contributed by atoms with Crippen LogP contribution in [0.3, 0.4) is 0 Å². The summed E-state index contributed by atoms with van der Waals surface area (Å²) in [5.74, 6) is 0.945. The topological polar surface area (TPSA) is 39.5 Å². The maximum atomic E-state index is 8.25. The van der Waals surface area contributed by atoms with Crippen molar-refractivity contribution in [2.24, 2.45) is 6.98 Å². The molecule has 5 heterocycles. The number of para-hydroxylation sites is 1. The van der Waals surface area contributed by atoms with Crippen LogP contribution in [0.1, 0.15) is 9.68 Å². The number of benzene rings is 1. The zero-order valence-corrected chi connectivity index (χ0v) is 13.8. The number of hydrogen-bond acceptors (Lipinski definition) is 2. The lowest BCUT2D eigenvalue weighted by Crippen LogP contribution is -2.31. The van der Waals surface area contributed by atoms with Crippen LogP contribution < -0.4 is 4.57 Å². The summed E-state index contributed by atoms with van der Waals surface area (Å²) < 4.78 is 30.4. The molecule has 0 N–H and O–H groups in total. The van der Waals surface area contributed by atoms with Crippen LogP contribution in [0.2, 0.25) is 0 Å². The van der Waals surface area contributed by atoms with Gasteiger partial charge in [-0.1, -0.05) is 18.2 Å². The van der Waals surface area contributed by atoms with Gasteiger partial charge in [0, 0.05) is 35.2 Å². The molecule has 1 aliphatic rings. The number of hydrogen-bond donors (Lipinski definition) is 0. The van der Waals surface area contributed by atoms with E-state index in [1.807, 2.05) is 53.2 Å². The van der Waals surface area contributed by atoms with Gasteiger partial charge in [-0.2, -0.15) is 4.57 Å². The van der Waals surface area contributed by atoms with Crippen LogP contribution in [-0.2, 0) is 13.5 Å². The van der Waals surface area contributed by atoms with E-state index in [1.54, 1.807) is 18.6 Å². The van der Waals surface area contributed by atoms with Crippen LogP contribution in [0.5, 0.6) is 0 Å². The van der Waals surface area contributed by atoms with E-state index in [1.165, 1.54) is 10.1 Å². The predicted molar refractivity (Wildman–Crippen MR) is 100 cm³/mol. The summed E-state index contributed by atoms with van der Waals surface area (Å²) in [5.41, 5.74) is 5.24. The molecule has 5 heteroatoms. The number of imidazole rings is 1. The normalized spacial score (nSPS) is 14.8. The van der Waals surface area contributed by atoms with Gasteiger partial charge in [-0.15, -0.1) is 0 Å². The molecule has 0 unspecified atom stereocenters. The van der Waals surface area contributed by atoms with E-state index >= 15 is 0 Å². The highest BCUT2D eigenvalue weighted by molar-refractivity contribution is 6.04. The first kappa shape index (κ1) is 11.2. The number of pyridine rings is 2. The molecule has 1 aromatic carbocycles. The monoisotopic (exact) mass is 341 g/mol. The third-order valence-corrected chi connectivity index (χ3v) is 5.16. The first-order valence-corrected chi connectivity index (χ1v) is 8.47. The van der Waals surface area contributed by atoms with Gasteiger partial charge in [-0.05, 0) is 24.3 Å². The molecule has 0 bridgehead atoms. The van der Waals surface area contributed by atoms with Gasteiger partial charge in [0.25, 0.3) is 11.5 Å². The molecule has 0 atom stereocenters. The van der Waals surface area contributed by atoms with Crippen LogP contribution in [0, 0.1) is 0 Å². The van der Waals surface area contributed by atoms with Crippen molar-refractivity contribution in [2.75, 3.05) is 0 Å². The fraction of sp³-hybridized carbons (Fsp3) is 0.0952.